The first-order valence-corrected chi connectivity index (χ1v) is 4.18. The molecule has 5 nitrogen and oxygen atoms in total. The van der Waals surface area contributed by atoms with Crippen LogP contribution in [0.25, 0.3) is 0 Å². The van der Waals surface area contributed by atoms with Crippen LogP contribution in [0.15, 0.2) is 12.1 Å². The Hall–Kier alpha value is -2.06. The van der Waals surface area contributed by atoms with E-state index in [1.807, 2.05) is 6.07 Å². The molecule has 0 aliphatic carbocycles. The summed E-state index contributed by atoms with van der Waals surface area (Å²) in [5.74, 6) is -0.942. The standard InChI is InChI=1S/C10H10N2O3/c1-15-9-3-7(5-12)6(4-11)2-8(9)10(13)14/h2-3H,4,11H2,1H3,(H,13,14). The van der Waals surface area contributed by atoms with E-state index < -0.39 is 5.97 Å². The van der Waals surface area contributed by atoms with Crippen LogP contribution in [0, 0.1) is 11.3 Å². The second kappa shape index (κ2) is 4.44. The summed E-state index contributed by atoms with van der Waals surface area (Å²) >= 11 is 0. The number of rotatable bonds is 3. The van der Waals surface area contributed by atoms with Crippen molar-refractivity contribution < 1.29 is 14.6 Å². The minimum Gasteiger partial charge on any atom is -0.496 e. The van der Waals surface area contributed by atoms with Crippen molar-refractivity contribution in [1.82, 2.24) is 0 Å². The summed E-state index contributed by atoms with van der Waals surface area (Å²) in [6.45, 7) is 0.118. The van der Waals surface area contributed by atoms with Gasteiger partial charge in [-0.05, 0) is 17.7 Å². The van der Waals surface area contributed by atoms with E-state index in [2.05, 4.69) is 0 Å². The van der Waals surface area contributed by atoms with Gasteiger partial charge in [0.25, 0.3) is 0 Å². The van der Waals surface area contributed by atoms with Crippen molar-refractivity contribution in [3.05, 3.63) is 28.8 Å². The summed E-state index contributed by atoms with van der Waals surface area (Å²) in [7, 11) is 1.35. The zero-order valence-electron chi connectivity index (χ0n) is 8.15. The van der Waals surface area contributed by atoms with Gasteiger partial charge < -0.3 is 15.6 Å². The number of carboxylic acids is 1. The lowest BCUT2D eigenvalue weighted by Gasteiger charge is -2.08. The lowest BCUT2D eigenvalue weighted by Crippen LogP contribution is -2.06. The van der Waals surface area contributed by atoms with Crippen molar-refractivity contribution in [2.24, 2.45) is 5.73 Å². The van der Waals surface area contributed by atoms with Crippen molar-refractivity contribution in [1.29, 1.82) is 5.26 Å². The number of carbonyl (C=O) groups is 1. The normalized spacial score (nSPS) is 9.40. The van der Waals surface area contributed by atoms with Crippen molar-refractivity contribution in [2.45, 2.75) is 6.54 Å². The van der Waals surface area contributed by atoms with Gasteiger partial charge in [-0.1, -0.05) is 0 Å². The quantitative estimate of drug-likeness (QED) is 0.759. The second-order valence-corrected chi connectivity index (χ2v) is 2.83. The van der Waals surface area contributed by atoms with E-state index in [1.54, 1.807) is 0 Å². The highest BCUT2D eigenvalue weighted by molar-refractivity contribution is 5.91. The van der Waals surface area contributed by atoms with Crippen molar-refractivity contribution in [3.63, 3.8) is 0 Å². The fourth-order valence-electron chi connectivity index (χ4n) is 1.23. The number of methoxy groups -OCH3 is 1. The molecule has 5 heteroatoms. The molecule has 0 saturated heterocycles. The molecular formula is C10H10N2O3. The zero-order chi connectivity index (χ0) is 11.4. The Morgan fingerprint density at radius 1 is 1.67 bits per heavy atom. The molecule has 0 aliphatic heterocycles. The molecule has 0 atom stereocenters. The smallest absolute Gasteiger partial charge is 0.339 e. The number of nitriles is 1. The molecule has 3 N–H and O–H groups in total. The van der Waals surface area contributed by atoms with Crippen LogP contribution in [0.5, 0.6) is 5.75 Å². The number of hydrogen-bond acceptors (Lipinski definition) is 4. The van der Waals surface area contributed by atoms with Gasteiger partial charge in [0.05, 0.1) is 18.7 Å². The number of carboxylic acid groups (broad SMARTS) is 1. The maximum absolute atomic E-state index is 10.8. The van der Waals surface area contributed by atoms with Gasteiger partial charge in [0.2, 0.25) is 0 Å². The number of ether oxygens (including phenoxy) is 1. The Balaban J connectivity index is 3.42. The van der Waals surface area contributed by atoms with Crippen LogP contribution in [-0.2, 0) is 6.54 Å². The van der Waals surface area contributed by atoms with Crippen LogP contribution in [0.3, 0.4) is 0 Å². The van der Waals surface area contributed by atoms with Crippen molar-refractivity contribution >= 4 is 5.97 Å². The largest absolute Gasteiger partial charge is 0.496 e. The number of nitrogens with two attached hydrogens (primary N) is 1. The number of hydrogen-bond donors (Lipinski definition) is 2. The summed E-state index contributed by atoms with van der Waals surface area (Å²) in [6, 6.07) is 4.68. The number of nitrogens with zero attached hydrogens (tertiary/aromatic N) is 1. The molecule has 0 aromatic heterocycles. The van der Waals surface area contributed by atoms with Crippen LogP contribution in [0.2, 0.25) is 0 Å². The minimum absolute atomic E-state index is 0.0111. The molecule has 0 amide bonds. The van der Waals surface area contributed by atoms with E-state index in [0.29, 0.717) is 11.1 Å². The Labute approximate surface area is 86.7 Å². The van der Waals surface area contributed by atoms with E-state index >= 15 is 0 Å². The third-order valence-electron chi connectivity index (χ3n) is 2.00. The third-order valence-corrected chi connectivity index (χ3v) is 2.00. The van der Waals surface area contributed by atoms with Crippen LogP contribution >= 0.6 is 0 Å². The van der Waals surface area contributed by atoms with Crippen LogP contribution in [-0.4, -0.2) is 18.2 Å². The predicted molar refractivity (Wildman–Crippen MR) is 52.6 cm³/mol. The Bertz CT molecular complexity index is 435. The fourth-order valence-corrected chi connectivity index (χ4v) is 1.23. The fraction of sp³-hybridized carbons (Fsp3) is 0.200. The minimum atomic E-state index is -1.11. The average Bonchev–Trinajstić information content (AvgIpc) is 2.26. The zero-order valence-corrected chi connectivity index (χ0v) is 8.15. The van der Waals surface area contributed by atoms with Crippen LogP contribution in [0.1, 0.15) is 21.5 Å². The molecular weight excluding hydrogens is 196 g/mol. The van der Waals surface area contributed by atoms with E-state index in [1.165, 1.54) is 19.2 Å². The van der Waals surface area contributed by atoms with Gasteiger partial charge in [-0.3, -0.25) is 0 Å². The number of benzene rings is 1. The monoisotopic (exact) mass is 206 g/mol. The van der Waals surface area contributed by atoms with E-state index in [0.717, 1.165) is 0 Å². The van der Waals surface area contributed by atoms with Gasteiger partial charge >= 0.3 is 5.97 Å². The maximum atomic E-state index is 10.8. The Morgan fingerprint density at radius 3 is 2.73 bits per heavy atom. The first kappa shape index (κ1) is 11.0. The molecule has 1 rings (SSSR count). The SMILES string of the molecule is COc1cc(C#N)c(CN)cc1C(=O)O. The molecule has 1 aromatic carbocycles. The van der Waals surface area contributed by atoms with E-state index in [9.17, 15) is 4.79 Å². The van der Waals surface area contributed by atoms with Gasteiger partial charge in [-0.15, -0.1) is 0 Å². The van der Waals surface area contributed by atoms with Gasteiger partial charge in [0, 0.05) is 6.54 Å². The molecule has 0 unspecified atom stereocenters. The summed E-state index contributed by atoms with van der Waals surface area (Å²) < 4.78 is 4.88. The topological polar surface area (TPSA) is 96.3 Å². The first-order valence-electron chi connectivity index (χ1n) is 4.18. The van der Waals surface area contributed by atoms with Gasteiger partial charge in [0.1, 0.15) is 11.3 Å². The summed E-state index contributed by atoms with van der Waals surface area (Å²) in [5.41, 5.74) is 6.24. The molecule has 0 aliphatic rings. The van der Waals surface area contributed by atoms with Gasteiger partial charge in [-0.25, -0.2) is 4.79 Å². The Morgan fingerprint density at radius 2 is 2.33 bits per heavy atom. The van der Waals surface area contributed by atoms with Crippen LogP contribution < -0.4 is 10.5 Å². The maximum Gasteiger partial charge on any atom is 0.339 e. The molecule has 15 heavy (non-hydrogen) atoms. The van der Waals surface area contributed by atoms with Gasteiger partial charge in [0.15, 0.2) is 0 Å². The second-order valence-electron chi connectivity index (χ2n) is 2.83. The number of aromatic carboxylic acids is 1. The molecule has 0 radical (unpaired) electrons. The highest BCUT2D eigenvalue weighted by Crippen LogP contribution is 2.23. The summed E-state index contributed by atoms with van der Waals surface area (Å²) in [5, 5.41) is 17.7. The average molecular weight is 206 g/mol. The highest BCUT2D eigenvalue weighted by Gasteiger charge is 2.14. The molecule has 78 valence electrons. The van der Waals surface area contributed by atoms with Crippen LogP contribution in [0.4, 0.5) is 0 Å². The summed E-state index contributed by atoms with van der Waals surface area (Å²) in [4.78, 5) is 10.8. The first-order chi connectivity index (χ1) is 7.13. The summed E-state index contributed by atoms with van der Waals surface area (Å²) in [6.07, 6.45) is 0. The van der Waals surface area contributed by atoms with E-state index in [4.69, 9.17) is 20.8 Å². The van der Waals surface area contributed by atoms with Gasteiger partial charge in [-0.2, -0.15) is 5.26 Å². The third kappa shape index (κ3) is 2.06. The lowest BCUT2D eigenvalue weighted by atomic mass is 10.0. The lowest BCUT2D eigenvalue weighted by molar-refractivity contribution is 0.0693. The van der Waals surface area contributed by atoms with E-state index in [-0.39, 0.29) is 17.9 Å². The molecule has 0 saturated carbocycles. The van der Waals surface area contributed by atoms with Crippen molar-refractivity contribution in [2.75, 3.05) is 7.11 Å². The molecule has 1 aromatic rings. The molecule has 0 spiro atoms. The molecule has 0 bridgehead atoms. The van der Waals surface area contributed by atoms with Crippen molar-refractivity contribution in [3.8, 4) is 11.8 Å². The molecule has 0 heterocycles. The Kier molecular flexibility index (Phi) is 3.26. The highest BCUT2D eigenvalue weighted by atomic mass is 16.5. The molecule has 0 fully saturated rings. The predicted octanol–water partition coefficient (Wildman–Crippen LogP) is 0.724.